The quantitative estimate of drug-likeness (QED) is 0.900. The first kappa shape index (κ1) is 16.1. The number of H-pyrrole nitrogens is 1. The number of likely N-dealkylation sites (tertiary alicyclic amines) is 1. The van der Waals surface area contributed by atoms with Crippen molar-refractivity contribution < 1.29 is 9.90 Å². The van der Waals surface area contributed by atoms with E-state index in [4.69, 9.17) is 0 Å². The first-order chi connectivity index (χ1) is 9.69. The lowest BCUT2D eigenvalue weighted by Crippen LogP contribution is -2.40. The van der Waals surface area contributed by atoms with Gasteiger partial charge in [-0.3, -0.25) is 4.79 Å². The summed E-state index contributed by atoms with van der Waals surface area (Å²) < 4.78 is 0. The van der Waals surface area contributed by atoms with Gasteiger partial charge in [-0.25, -0.2) is 0 Å². The topological polar surface area (TPSA) is 56.3 Å². The van der Waals surface area contributed by atoms with Gasteiger partial charge in [0.1, 0.15) is 5.69 Å². The minimum Gasteiger partial charge on any atom is -0.390 e. The van der Waals surface area contributed by atoms with Crippen LogP contribution in [0.2, 0.25) is 0 Å². The Bertz CT molecular complexity index is 518. The molecule has 1 aromatic heterocycles. The molecule has 2 heterocycles. The third kappa shape index (κ3) is 3.67. The number of nitrogens with zero attached hydrogens (tertiary/aromatic N) is 1. The van der Waals surface area contributed by atoms with Crippen LogP contribution in [0.25, 0.3) is 0 Å². The van der Waals surface area contributed by atoms with E-state index in [0.717, 1.165) is 49.3 Å². The average molecular weight is 292 g/mol. The molecule has 1 aromatic rings. The summed E-state index contributed by atoms with van der Waals surface area (Å²) in [6, 6.07) is 0. The molecule has 21 heavy (non-hydrogen) atoms. The van der Waals surface area contributed by atoms with Crippen LogP contribution in [0.1, 0.15) is 60.4 Å². The minimum atomic E-state index is -0.610. The molecule has 0 bridgehead atoms. The van der Waals surface area contributed by atoms with Crippen LogP contribution in [-0.2, 0) is 0 Å². The summed E-state index contributed by atoms with van der Waals surface area (Å²) in [6.07, 6.45) is 2.77. The fourth-order valence-corrected chi connectivity index (χ4v) is 3.26. The molecule has 0 spiro atoms. The van der Waals surface area contributed by atoms with Crippen molar-refractivity contribution in [3.8, 4) is 0 Å². The van der Waals surface area contributed by atoms with E-state index in [1.54, 1.807) is 0 Å². The molecule has 1 fully saturated rings. The van der Waals surface area contributed by atoms with Crippen LogP contribution < -0.4 is 0 Å². The summed E-state index contributed by atoms with van der Waals surface area (Å²) >= 11 is 0. The lowest BCUT2D eigenvalue weighted by atomic mass is 9.86. The van der Waals surface area contributed by atoms with Crippen molar-refractivity contribution in [2.24, 2.45) is 5.92 Å². The SMILES string of the molecule is Cc1[nH]c(C(=O)N2CCC(CC(C)(C)O)CC2)c(C)c1C. The molecule has 1 aliphatic heterocycles. The molecule has 1 amide bonds. The second kappa shape index (κ2) is 5.84. The monoisotopic (exact) mass is 292 g/mol. The Balaban J connectivity index is 1.99. The largest absolute Gasteiger partial charge is 0.390 e. The number of hydrogen-bond acceptors (Lipinski definition) is 2. The lowest BCUT2D eigenvalue weighted by molar-refractivity contribution is 0.0357. The molecule has 4 nitrogen and oxygen atoms in total. The van der Waals surface area contributed by atoms with Gasteiger partial charge in [0.25, 0.3) is 5.91 Å². The maximum Gasteiger partial charge on any atom is 0.270 e. The van der Waals surface area contributed by atoms with Crippen LogP contribution in [0.15, 0.2) is 0 Å². The minimum absolute atomic E-state index is 0.116. The molecule has 0 atom stereocenters. The summed E-state index contributed by atoms with van der Waals surface area (Å²) in [6.45, 7) is 11.4. The van der Waals surface area contributed by atoms with E-state index in [1.165, 1.54) is 5.56 Å². The molecule has 1 aliphatic rings. The molecule has 0 aromatic carbocycles. The number of rotatable bonds is 3. The van der Waals surface area contributed by atoms with E-state index in [-0.39, 0.29) is 5.91 Å². The zero-order valence-corrected chi connectivity index (χ0v) is 13.9. The van der Waals surface area contributed by atoms with Gasteiger partial charge >= 0.3 is 0 Å². The maximum atomic E-state index is 12.6. The first-order valence-electron chi connectivity index (χ1n) is 7.86. The van der Waals surface area contributed by atoms with Crippen molar-refractivity contribution in [2.45, 2.75) is 59.5 Å². The second-order valence-corrected chi connectivity index (χ2v) is 7.13. The van der Waals surface area contributed by atoms with Crippen molar-refractivity contribution in [1.29, 1.82) is 0 Å². The summed E-state index contributed by atoms with van der Waals surface area (Å²) in [5, 5.41) is 9.91. The lowest BCUT2D eigenvalue weighted by Gasteiger charge is -2.34. The number of aromatic amines is 1. The summed E-state index contributed by atoms with van der Waals surface area (Å²) in [7, 11) is 0. The molecule has 118 valence electrons. The van der Waals surface area contributed by atoms with Crippen molar-refractivity contribution in [3.05, 3.63) is 22.5 Å². The Labute approximate surface area is 127 Å². The normalized spacial score (nSPS) is 17.3. The third-order valence-electron chi connectivity index (χ3n) is 4.72. The van der Waals surface area contributed by atoms with Crippen LogP contribution in [0, 0.1) is 26.7 Å². The fraction of sp³-hybridized carbons (Fsp3) is 0.706. The number of aryl methyl sites for hydroxylation is 1. The number of carbonyl (C=O) groups is 1. The molecule has 1 saturated heterocycles. The summed E-state index contributed by atoms with van der Waals surface area (Å²) in [5.74, 6) is 0.632. The summed E-state index contributed by atoms with van der Waals surface area (Å²) in [4.78, 5) is 17.8. The first-order valence-corrected chi connectivity index (χ1v) is 7.86. The van der Waals surface area contributed by atoms with E-state index in [9.17, 15) is 9.90 Å². The van der Waals surface area contributed by atoms with Gasteiger partial charge in [0.15, 0.2) is 0 Å². The number of carbonyl (C=O) groups excluding carboxylic acids is 1. The molecular formula is C17H28N2O2. The van der Waals surface area contributed by atoms with Gasteiger partial charge in [-0.1, -0.05) is 0 Å². The molecular weight excluding hydrogens is 264 g/mol. The van der Waals surface area contributed by atoms with Gasteiger partial charge in [-0.15, -0.1) is 0 Å². The second-order valence-electron chi connectivity index (χ2n) is 7.13. The van der Waals surface area contributed by atoms with Gasteiger partial charge < -0.3 is 15.0 Å². The van der Waals surface area contributed by atoms with E-state index < -0.39 is 5.60 Å². The zero-order valence-electron chi connectivity index (χ0n) is 13.9. The summed E-state index contributed by atoms with van der Waals surface area (Å²) in [5.41, 5.74) is 3.45. The highest BCUT2D eigenvalue weighted by Gasteiger charge is 2.28. The van der Waals surface area contributed by atoms with E-state index in [0.29, 0.717) is 5.92 Å². The van der Waals surface area contributed by atoms with Gasteiger partial charge in [-0.05, 0) is 70.9 Å². The highest BCUT2D eigenvalue weighted by atomic mass is 16.3. The molecule has 2 rings (SSSR count). The average Bonchev–Trinajstić information content (AvgIpc) is 2.65. The van der Waals surface area contributed by atoms with Crippen LogP contribution >= 0.6 is 0 Å². The third-order valence-corrected chi connectivity index (χ3v) is 4.72. The number of piperidine rings is 1. The van der Waals surface area contributed by atoms with Crippen molar-refractivity contribution in [2.75, 3.05) is 13.1 Å². The number of aliphatic hydroxyl groups is 1. The van der Waals surface area contributed by atoms with Crippen LogP contribution in [0.5, 0.6) is 0 Å². The molecule has 2 N–H and O–H groups in total. The van der Waals surface area contributed by atoms with Crippen molar-refractivity contribution in [1.82, 2.24) is 9.88 Å². The molecule has 0 aliphatic carbocycles. The van der Waals surface area contributed by atoms with Crippen molar-refractivity contribution in [3.63, 3.8) is 0 Å². The number of amides is 1. The number of aromatic nitrogens is 1. The predicted molar refractivity (Wildman–Crippen MR) is 84.5 cm³/mol. The number of hydrogen-bond donors (Lipinski definition) is 2. The highest BCUT2D eigenvalue weighted by Crippen LogP contribution is 2.27. The van der Waals surface area contributed by atoms with E-state index in [1.807, 2.05) is 39.5 Å². The Kier molecular flexibility index (Phi) is 4.47. The molecule has 4 heteroatoms. The van der Waals surface area contributed by atoms with E-state index in [2.05, 4.69) is 4.98 Å². The van der Waals surface area contributed by atoms with Gasteiger partial charge in [-0.2, -0.15) is 0 Å². The predicted octanol–water partition coefficient (Wildman–Crippen LogP) is 2.95. The fourth-order valence-electron chi connectivity index (χ4n) is 3.26. The Morgan fingerprint density at radius 3 is 2.24 bits per heavy atom. The van der Waals surface area contributed by atoms with Gasteiger partial charge in [0.2, 0.25) is 0 Å². The standard InChI is InChI=1S/C17H28N2O2/c1-11-12(2)15(18-13(11)3)16(20)19-8-6-14(7-9-19)10-17(4,5)21/h14,18,21H,6-10H2,1-5H3. The maximum absolute atomic E-state index is 12.6. The highest BCUT2D eigenvalue weighted by molar-refractivity contribution is 5.94. The van der Waals surface area contributed by atoms with Gasteiger partial charge in [0, 0.05) is 18.8 Å². The Hall–Kier alpha value is -1.29. The van der Waals surface area contributed by atoms with Crippen LogP contribution in [0.3, 0.4) is 0 Å². The Morgan fingerprint density at radius 2 is 1.81 bits per heavy atom. The molecule has 0 saturated carbocycles. The zero-order chi connectivity index (χ0) is 15.8. The van der Waals surface area contributed by atoms with Crippen LogP contribution in [0.4, 0.5) is 0 Å². The molecule has 0 unspecified atom stereocenters. The Morgan fingerprint density at radius 1 is 1.24 bits per heavy atom. The van der Waals surface area contributed by atoms with Crippen LogP contribution in [-0.4, -0.2) is 39.6 Å². The number of nitrogens with one attached hydrogen (secondary N) is 1. The van der Waals surface area contributed by atoms with Crippen molar-refractivity contribution >= 4 is 5.91 Å². The van der Waals surface area contributed by atoms with E-state index >= 15 is 0 Å². The molecule has 0 radical (unpaired) electrons. The van der Waals surface area contributed by atoms with Gasteiger partial charge in [0.05, 0.1) is 5.60 Å². The smallest absolute Gasteiger partial charge is 0.270 e.